The zero-order valence-corrected chi connectivity index (χ0v) is 16.9. The second kappa shape index (κ2) is 6.56. The number of Topliss-reactive ketones (excluding diaryl/α,β-unsaturated/α-hetero) is 2. The molecule has 0 bridgehead atoms. The maximum Gasteiger partial charge on any atom is 0.305 e. The summed E-state index contributed by atoms with van der Waals surface area (Å²) in [6.45, 7) is 6.40. The lowest BCUT2D eigenvalue weighted by Gasteiger charge is -2.58. The van der Waals surface area contributed by atoms with Crippen LogP contribution in [0.4, 0.5) is 0 Å². The maximum absolute atomic E-state index is 12.6. The molecule has 0 aliphatic heterocycles. The van der Waals surface area contributed by atoms with Crippen molar-refractivity contribution in [3.05, 3.63) is 11.1 Å². The summed E-state index contributed by atoms with van der Waals surface area (Å²) in [4.78, 5) is 37.0. The number of hydrogen-bond acceptors (Lipinski definition) is 4. The minimum atomic E-state index is -0.182. The minimum Gasteiger partial charge on any atom is -0.465 e. The third-order valence-corrected chi connectivity index (χ3v) is 8.63. The highest BCUT2D eigenvalue weighted by Crippen LogP contribution is 2.65. The summed E-state index contributed by atoms with van der Waals surface area (Å²) in [5, 5.41) is 0. The molecule has 0 saturated heterocycles. The Labute approximate surface area is 162 Å². The van der Waals surface area contributed by atoms with Crippen LogP contribution in [-0.2, 0) is 19.1 Å². The topological polar surface area (TPSA) is 60.4 Å². The first kappa shape index (κ1) is 18.9. The first-order chi connectivity index (χ1) is 12.8. The number of hydrogen-bond donors (Lipinski definition) is 0. The van der Waals surface area contributed by atoms with Gasteiger partial charge in [0.05, 0.1) is 0 Å². The third kappa shape index (κ3) is 2.66. The van der Waals surface area contributed by atoms with Crippen LogP contribution in [0.25, 0.3) is 0 Å². The van der Waals surface area contributed by atoms with Gasteiger partial charge in [-0.2, -0.15) is 0 Å². The highest BCUT2D eigenvalue weighted by Gasteiger charge is 2.61. The third-order valence-electron chi connectivity index (χ3n) is 8.63. The van der Waals surface area contributed by atoms with E-state index < -0.39 is 0 Å². The summed E-state index contributed by atoms with van der Waals surface area (Å²) < 4.78 is 5.73. The van der Waals surface area contributed by atoms with Crippen molar-refractivity contribution in [3.8, 4) is 0 Å². The molecule has 0 heterocycles. The van der Waals surface area contributed by atoms with Crippen molar-refractivity contribution in [2.75, 3.05) is 6.61 Å². The number of esters is 1. The lowest BCUT2D eigenvalue weighted by Crippen LogP contribution is -2.54. The van der Waals surface area contributed by atoms with E-state index in [-0.39, 0.29) is 22.6 Å². The fourth-order valence-electron chi connectivity index (χ4n) is 7.10. The molecular weight excluding hydrogens is 340 g/mol. The van der Waals surface area contributed by atoms with Gasteiger partial charge in [-0.25, -0.2) is 0 Å². The molecule has 0 aromatic carbocycles. The van der Waals surface area contributed by atoms with Crippen LogP contribution in [-0.4, -0.2) is 24.1 Å². The first-order valence-electron chi connectivity index (χ1n) is 10.8. The highest BCUT2D eigenvalue weighted by molar-refractivity contribution is 5.97. The van der Waals surface area contributed by atoms with Crippen molar-refractivity contribution in [3.63, 3.8) is 0 Å². The van der Waals surface area contributed by atoms with Gasteiger partial charge in [0.15, 0.2) is 5.78 Å². The van der Waals surface area contributed by atoms with Gasteiger partial charge in [-0.15, -0.1) is 0 Å². The average Bonchev–Trinajstić information content (AvgIpc) is 2.98. The van der Waals surface area contributed by atoms with E-state index in [4.69, 9.17) is 4.74 Å². The van der Waals surface area contributed by atoms with E-state index in [0.29, 0.717) is 43.0 Å². The number of ketones is 2. The Bertz CT molecular complexity index is 720. The van der Waals surface area contributed by atoms with Crippen molar-refractivity contribution in [2.45, 2.75) is 78.6 Å². The Balaban J connectivity index is 1.72. The molecule has 0 unspecified atom stereocenters. The second-order valence-corrected chi connectivity index (χ2v) is 9.53. The van der Waals surface area contributed by atoms with Gasteiger partial charge in [0.2, 0.25) is 0 Å². The molecule has 3 fully saturated rings. The van der Waals surface area contributed by atoms with Gasteiger partial charge in [0, 0.05) is 30.1 Å². The maximum atomic E-state index is 12.6. The molecule has 4 aliphatic carbocycles. The van der Waals surface area contributed by atoms with Crippen LogP contribution in [0.1, 0.15) is 78.6 Å². The smallest absolute Gasteiger partial charge is 0.305 e. The van der Waals surface area contributed by atoms with Gasteiger partial charge in [0.25, 0.3) is 0 Å². The molecule has 0 amide bonds. The SMILES string of the molecule is CCC(=O)OC[C@]12CCC(=O)C(C)=C1CC[C@@H]1[C@H]2CC[C@]2(C)C(=O)CC[C@@H]12. The molecule has 4 nitrogen and oxygen atoms in total. The molecule has 4 rings (SSSR count). The van der Waals surface area contributed by atoms with Gasteiger partial charge < -0.3 is 4.74 Å². The van der Waals surface area contributed by atoms with E-state index in [1.807, 2.05) is 13.8 Å². The Morgan fingerprint density at radius 1 is 1.07 bits per heavy atom. The van der Waals surface area contributed by atoms with Crippen LogP contribution in [0.5, 0.6) is 0 Å². The van der Waals surface area contributed by atoms with E-state index in [9.17, 15) is 14.4 Å². The predicted molar refractivity (Wildman–Crippen MR) is 102 cm³/mol. The molecule has 0 radical (unpaired) electrons. The number of carbonyl (C=O) groups is 3. The number of fused-ring (bicyclic) bond motifs is 5. The molecule has 5 atom stereocenters. The summed E-state index contributed by atoms with van der Waals surface area (Å²) >= 11 is 0. The molecule has 27 heavy (non-hydrogen) atoms. The van der Waals surface area contributed by atoms with Gasteiger partial charge in [-0.1, -0.05) is 19.4 Å². The van der Waals surface area contributed by atoms with Crippen LogP contribution in [0.15, 0.2) is 11.1 Å². The Morgan fingerprint density at radius 3 is 2.59 bits per heavy atom. The van der Waals surface area contributed by atoms with Gasteiger partial charge in [-0.3, -0.25) is 14.4 Å². The molecule has 4 aliphatic rings. The summed E-state index contributed by atoms with van der Waals surface area (Å²) in [6.07, 6.45) is 7.43. The van der Waals surface area contributed by atoms with Crippen LogP contribution < -0.4 is 0 Å². The monoisotopic (exact) mass is 372 g/mol. The quantitative estimate of drug-likeness (QED) is 0.689. The van der Waals surface area contributed by atoms with Crippen molar-refractivity contribution >= 4 is 17.5 Å². The molecule has 3 saturated carbocycles. The first-order valence-corrected chi connectivity index (χ1v) is 10.8. The van der Waals surface area contributed by atoms with Crippen molar-refractivity contribution in [1.82, 2.24) is 0 Å². The molecule has 0 aromatic rings. The molecule has 0 aromatic heterocycles. The fourth-order valence-corrected chi connectivity index (χ4v) is 7.10. The van der Waals surface area contributed by atoms with Crippen molar-refractivity contribution in [2.24, 2.45) is 28.6 Å². The van der Waals surface area contributed by atoms with E-state index in [2.05, 4.69) is 6.92 Å². The Hall–Kier alpha value is -1.45. The van der Waals surface area contributed by atoms with Crippen LogP contribution in [0.3, 0.4) is 0 Å². The highest BCUT2D eigenvalue weighted by atomic mass is 16.5. The molecule has 0 N–H and O–H groups in total. The van der Waals surface area contributed by atoms with E-state index in [1.54, 1.807) is 0 Å². The average molecular weight is 373 g/mol. The number of ether oxygens (including phenoxy) is 1. The lowest BCUT2D eigenvalue weighted by molar-refractivity contribution is -0.152. The van der Waals surface area contributed by atoms with E-state index >= 15 is 0 Å². The number of carbonyl (C=O) groups excluding carboxylic acids is 3. The van der Waals surface area contributed by atoms with Gasteiger partial charge in [0.1, 0.15) is 12.4 Å². The zero-order valence-electron chi connectivity index (χ0n) is 16.9. The Kier molecular flexibility index (Phi) is 4.59. The molecule has 4 heteroatoms. The number of rotatable bonds is 3. The van der Waals surface area contributed by atoms with Gasteiger partial charge in [-0.05, 0) is 68.8 Å². The predicted octanol–water partition coefficient (Wildman–Crippen LogP) is 4.41. The second-order valence-electron chi connectivity index (χ2n) is 9.53. The lowest BCUT2D eigenvalue weighted by atomic mass is 9.46. The Morgan fingerprint density at radius 2 is 1.85 bits per heavy atom. The summed E-state index contributed by atoms with van der Waals surface area (Å²) in [5.41, 5.74) is 1.85. The summed E-state index contributed by atoms with van der Waals surface area (Å²) in [7, 11) is 0. The van der Waals surface area contributed by atoms with Crippen molar-refractivity contribution < 1.29 is 19.1 Å². The largest absolute Gasteiger partial charge is 0.465 e. The van der Waals surface area contributed by atoms with E-state index in [1.165, 1.54) is 5.57 Å². The molecule has 148 valence electrons. The normalized spacial score (nSPS) is 41.1. The summed E-state index contributed by atoms with van der Waals surface area (Å²) in [5.74, 6) is 1.96. The molecular formula is C23H32O4. The fraction of sp³-hybridized carbons (Fsp3) is 0.783. The van der Waals surface area contributed by atoms with Gasteiger partial charge >= 0.3 is 5.97 Å². The van der Waals surface area contributed by atoms with Crippen LogP contribution in [0.2, 0.25) is 0 Å². The minimum absolute atomic E-state index is 0.150. The van der Waals surface area contributed by atoms with Crippen LogP contribution in [0, 0.1) is 28.6 Å². The van der Waals surface area contributed by atoms with Crippen molar-refractivity contribution in [1.29, 1.82) is 0 Å². The van der Waals surface area contributed by atoms with E-state index in [0.717, 1.165) is 50.5 Å². The standard InChI is InChI=1S/C23H32O4/c1-4-21(26)27-13-23-12-10-19(24)14(2)16(23)6-5-15-17-7-8-20(25)22(17,3)11-9-18(15)23/h15,17-18H,4-13H2,1-3H3/t15-,17-,18+,22-,23+/m0/s1. The zero-order chi connectivity index (χ0) is 19.4. The molecule has 0 spiro atoms. The van der Waals surface area contributed by atoms with Crippen LogP contribution >= 0.6 is 0 Å². The summed E-state index contributed by atoms with van der Waals surface area (Å²) in [6, 6.07) is 0.